The quantitative estimate of drug-likeness (QED) is 0.595. The first-order valence-corrected chi connectivity index (χ1v) is 9.88. The van der Waals surface area contributed by atoms with Crippen LogP contribution in [0.25, 0.3) is 0 Å². The zero-order valence-electron chi connectivity index (χ0n) is 13.3. The highest BCUT2D eigenvalue weighted by Crippen LogP contribution is 2.28. The van der Waals surface area contributed by atoms with Crippen LogP contribution in [0.5, 0.6) is 0 Å². The van der Waals surface area contributed by atoms with Crippen molar-refractivity contribution in [3.8, 4) is 0 Å². The van der Waals surface area contributed by atoms with Gasteiger partial charge in [-0.1, -0.05) is 48.4 Å². The molecule has 0 radical (unpaired) electrons. The Bertz CT molecular complexity index is 645. The second kappa shape index (κ2) is 8.98. The molecule has 1 aliphatic rings. The standard InChI is InChI=1S/C16H20N4O2S2/c21-14(22-10-13-8-4-5-9-17-13)11-23-16-20-19-15(24-16)18-12-6-2-1-3-7-12/h4-5,8-9,12H,1-3,6-7,10-11H2,(H,18,19). The van der Waals surface area contributed by atoms with Gasteiger partial charge in [-0.05, 0) is 25.0 Å². The molecule has 0 bridgehead atoms. The number of aromatic nitrogens is 3. The van der Waals surface area contributed by atoms with Crippen LogP contribution in [0, 0.1) is 0 Å². The van der Waals surface area contributed by atoms with Crippen molar-refractivity contribution in [2.45, 2.75) is 49.1 Å². The monoisotopic (exact) mass is 364 g/mol. The van der Waals surface area contributed by atoms with E-state index < -0.39 is 0 Å². The second-order valence-corrected chi connectivity index (χ2v) is 7.82. The first-order chi connectivity index (χ1) is 11.8. The molecule has 2 aromatic heterocycles. The third kappa shape index (κ3) is 5.45. The van der Waals surface area contributed by atoms with E-state index in [4.69, 9.17) is 4.74 Å². The zero-order valence-corrected chi connectivity index (χ0v) is 14.9. The third-order valence-electron chi connectivity index (χ3n) is 3.76. The summed E-state index contributed by atoms with van der Waals surface area (Å²) in [5, 5.41) is 12.6. The van der Waals surface area contributed by atoms with Gasteiger partial charge in [0, 0.05) is 12.2 Å². The summed E-state index contributed by atoms with van der Waals surface area (Å²) in [5.41, 5.74) is 0.741. The van der Waals surface area contributed by atoms with Crippen LogP contribution in [0.1, 0.15) is 37.8 Å². The fourth-order valence-corrected chi connectivity index (χ4v) is 4.18. The topological polar surface area (TPSA) is 77.0 Å². The lowest BCUT2D eigenvalue weighted by Gasteiger charge is -2.21. The second-order valence-electron chi connectivity index (χ2n) is 5.62. The van der Waals surface area contributed by atoms with Gasteiger partial charge >= 0.3 is 5.97 Å². The molecule has 2 heterocycles. The first kappa shape index (κ1) is 17.2. The summed E-state index contributed by atoms with van der Waals surface area (Å²) < 4.78 is 5.98. The van der Waals surface area contributed by atoms with Gasteiger partial charge in [0.25, 0.3) is 0 Å². The maximum Gasteiger partial charge on any atom is 0.316 e. The van der Waals surface area contributed by atoms with E-state index in [1.165, 1.54) is 55.2 Å². The van der Waals surface area contributed by atoms with Crippen molar-refractivity contribution in [2.24, 2.45) is 0 Å². The molecule has 0 unspecified atom stereocenters. The minimum atomic E-state index is -0.275. The van der Waals surface area contributed by atoms with Gasteiger partial charge in [-0.25, -0.2) is 0 Å². The SMILES string of the molecule is O=C(CSc1nnc(NC2CCCCC2)s1)OCc1ccccn1. The fraction of sp³-hybridized carbons (Fsp3) is 0.500. The highest BCUT2D eigenvalue weighted by molar-refractivity contribution is 8.01. The number of hydrogen-bond acceptors (Lipinski definition) is 8. The highest BCUT2D eigenvalue weighted by Gasteiger charge is 2.15. The third-order valence-corrected chi connectivity index (χ3v) is 5.72. The van der Waals surface area contributed by atoms with Crippen LogP contribution >= 0.6 is 23.1 Å². The molecule has 0 aromatic carbocycles. The number of rotatable bonds is 7. The van der Waals surface area contributed by atoms with Crippen LogP contribution in [0.4, 0.5) is 5.13 Å². The molecular weight excluding hydrogens is 344 g/mol. The van der Waals surface area contributed by atoms with Crippen molar-refractivity contribution in [3.05, 3.63) is 30.1 Å². The molecule has 0 atom stereocenters. The molecule has 1 N–H and O–H groups in total. The van der Waals surface area contributed by atoms with Crippen LogP contribution in [0.15, 0.2) is 28.7 Å². The molecule has 1 saturated carbocycles. The lowest BCUT2D eigenvalue weighted by molar-refractivity contribution is -0.141. The Morgan fingerprint density at radius 2 is 2.17 bits per heavy atom. The predicted molar refractivity (Wildman–Crippen MR) is 95.2 cm³/mol. The first-order valence-electron chi connectivity index (χ1n) is 8.08. The van der Waals surface area contributed by atoms with Gasteiger partial charge in [0.15, 0.2) is 4.34 Å². The van der Waals surface area contributed by atoms with Gasteiger partial charge in [0.1, 0.15) is 6.61 Å². The average molecular weight is 364 g/mol. The van der Waals surface area contributed by atoms with E-state index in [1.54, 1.807) is 6.20 Å². The summed E-state index contributed by atoms with van der Waals surface area (Å²) in [6.45, 7) is 0.199. The van der Waals surface area contributed by atoms with Crippen LogP contribution in [0.2, 0.25) is 0 Å². The highest BCUT2D eigenvalue weighted by atomic mass is 32.2. The van der Waals surface area contributed by atoms with Gasteiger partial charge in [-0.2, -0.15) is 0 Å². The molecule has 2 aromatic rings. The number of thioether (sulfide) groups is 1. The Hall–Kier alpha value is -1.67. The Balaban J connectivity index is 1.39. The number of nitrogens with one attached hydrogen (secondary N) is 1. The van der Waals surface area contributed by atoms with Crippen molar-refractivity contribution in [3.63, 3.8) is 0 Å². The van der Waals surface area contributed by atoms with Gasteiger partial charge in [-0.15, -0.1) is 10.2 Å². The molecule has 3 rings (SSSR count). The summed E-state index contributed by atoms with van der Waals surface area (Å²) in [5.74, 6) is -0.0483. The number of ether oxygens (including phenoxy) is 1. The van der Waals surface area contributed by atoms with Gasteiger partial charge in [0.2, 0.25) is 5.13 Å². The van der Waals surface area contributed by atoms with Crippen molar-refractivity contribution in [2.75, 3.05) is 11.1 Å². The number of carbonyl (C=O) groups is 1. The molecule has 1 aliphatic carbocycles. The summed E-state index contributed by atoms with van der Waals surface area (Å²) in [6.07, 6.45) is 7.96. The minimum Gasteiger partial charge on any atom is -0.459 e. The Morgan fingerprint density at radius 3 is 2.96 bits per heavy atom. The lowest BCUT2D eigenvalue weighted by Crippen LogP contribution is -2.21. The van der Waals surface area contributed by atoms with Gasteiger partial charge in [0.05, 0.1) is 11.4 Å². The molecule has 8 heteroatoms. The molecule has 0 saturated heterocycles. The summed E-state index contributed by atoms with van der Waals surface area (Å²) >= 11 is 2.85. The van der Waals surface area contributed by atoms with E-state index in [9.17, 15) is 4.79 Å². The fourth-order valence-electron chi connectivity index (χ4n) is 2.55. The zero-order chi connectivity index (χ0) is 16.6. The summed E-state index contributed by atoms with van der Waals surface area (Å²) in [4.78, 5) is 15.9. The molecule has 128 valence electrons. The largest absolute Gasteiger partial charge is 0.459 e. The van der Waals surface area contributed by atoms with Gasteiger partial charge in [-0.3, -0.25) is 9.78 Å². The summed E-state index contributed by atoms with van der Waals surface area (Å²) in [7, 11) is 0. The van der Waals surface area contributed by atoms with Crippen LogP contribution < -0.4 is 5.32 Å². The number of pyridine rings is 1. The summed E-state index contributed by atoms with van der Waals surface area (Å²) in [6, 6.07) is 6.03. The van der Waals surface area contributed by atoms with Crippen molar-refractivity contribution in [1.82, 2.24) is 15.2 Å². The number of hydrogen-bond donors (Lipinski definition) is 1. The van der Waals surface area contributed by atoms with Crippen LogP contribution in [-0.2, 0) is 16.1 Å². The number of nitrogens with zero attached hydrogens (tertiary/aromatic N) is 3. The molecule has 0 amide bonds. The van der Waals surface area contributed by atoms with Crippen molar-refractivity contribution >= 4 is 34.2 Å². The predicted octanol–water partition coefficient (Wildman–Crippen LogP) is 3.51. The normalized spacial score (nSPS) is 15.2. The number of anilines is 1. The molecule has 0 aliphatic heterocycles. The van der Waals surface area contributed by atoms with Crippen molar-refractivity contribution < 1.29 is 9.53 Å². The molecular formula is C16H20N4O2S2. The van der Waals surface area contributed by atoms with Crippen molar-refractivity contribution in [1.29, 1.82) is 0 Å². The molecule has 6 nitrogen and oxygen atoms in total. The van der Waals surface area contributed by atoms with Crippen LogP contribution in [-0.4, -0.2) is 32.9 Å². The molecule has 0 spiro atoms. The Labute approximate surface area is 149 Å². The number of carbonyl (C=O) groups excluding carboxylic acids is 1. The molecule has 1 fully saturated rings. The maximum absolute atomic E-state index is 11.8. The molecule has 24 heavy (non-hydrogen) atoms. The van der Waals surface area contributed by atoms with E-state index in [0.717, 1.165) is 15.2 Å². The van der Waals surface area contributed by atoms with E-state index in [2.05, 4.69) is 20.5 Å². The van der Waals surface area contributed by atoms with E-state index in [1.807, 2.05) is 18.2 Å². The van der Waals surface area contributed by atoms with Gasteiger partial charge < -0.3 is 10.1 Å². The minimum absolute atomic E-state index is 0.199. The number of esters is 1. The maximum atomic E-state index is 11.8. The Morgan fingerprint density at radius 1 is 1.29 bits per heavy atom. The lowest BCUT2D eigenvalue weighted by atomic mass is 9.96. The van der Waals surface area contributed by atoms with E-state index in [0.29, 0.717) is 6.04 Å². The smallest absolute Gasteiger partial charge is 0.316 e. The Kier molecular flexibility index (Phi) is 6.42. The van der Waals surface area contributed by atoms with E-state index in [-0.39, 0.29) is 18.3 Å². The van der Waals surface area contributed by atoms with E-state index >= 15 is 0 Å². The average Bonchev–Trinajstić information content (AvgIpc) is 3.07. The van der Waals surface area contributed by atoms with Crippen LogP contribution in [0.3, 0.4) is 0 Å².